The molecule has 47 heavy (non-hydrogen) atoms. The summed E-state index contributed by atoms with van der Waals surface area (Å²) >= 11 is 0. The Morgan fingerprint density at radius 1 is 0.617 bits per heavy atom. The minimum atomic E-state index is 0.186. The van der Waals surface area contributed by atoms with Gasteiger partial charge in [0.15, 0.2) is 11.6 Å². The molecule has 1 N–H and O–H groups in total. The normalized spacial score (nSPS) is 30.0. The van der Waals surface area contributed by atoms with E-state index in [1.165, 1.54) is 16.7 Å². The Balaban J connectivity index is 1.08. The molecule has 0 aromatic heterocycles. The molecule has 0 aliphatic heterocycles. The molecule has 0 spiro atoms. The van der Waals surface area contributed by atoms with Gasteiger partial charge in [0, 0.05) is 34.4 Å². The van der Waals surface area contributed by atoms with Gasteiger partial charge in [-0.05, 0) is 105 Å². The number of ketones is 2. The Morgan fingerprint density at radius 3 is 2.17 bits per heavy atom. The van der Waals surface area contributed by atoms with Crippen LogP contribution in [0.5, 0.6) is 0 Å². The molecule has 7 aliphatic carbocycles. The van der Waals surface area contributed by atoms with Crippen LogP contribution < -0.4 is 5.32 Å². The molecule has 240 valence electrons. The van der Waals surface area contributed by atoms with Crippen molar-refractivity contribution in [3.63, 3.8) is 0 Å². The van der Waals surface area contributed by atoms with Gasteiger partial charge in [-0.25, -0.2) is 0 Å². The lowest BCUT2D eigenvalue weighted by atomic mass is 9.69. The number of carbonyl (C=O) groups is 2. The molecule has 0 radical (unpaired) electrons. The summed E-state index contributed by atoms with van der Waals surface area (Å²) < 4.78 is 0. The molecular weight excluding hydrogens is 574 g/mol. The smallest absolute Gasteiger partial charge is 0.188 e. The lowest BCUT2D eigenvalue weighted by Crippen LogP contribution is -2.36. The van der Waals surface area contributed by atoms with Crippen LogP contribution in [0.2, 0.25) is 0 Å². The largest absolute Gasteiger partial charge is 0.304 e. The van der Waals surface area contributed by atoms with E-state index in [1.807, 2.05) is 18.2 Å². The van der Waals surface area contributed by atoms with Gasteiger partial charge in [0.1, 0.15) is 0 Å². The standard InChI is InChI=1S/C44H47NO2/c46-43(34-10-4-1-5-11-34)36-20-16-31(17-21-36)38-28-39(32-18-22-37(23-19-32)44(47)35-12-6-2-7-13-35)30-40(29-38)33-24-26-42(27-25-33)45-41-14-8-3-9-15-41/h1,3-4,6,8-10,12-14,16,18,20-22,24-26,28,31,38,40-42,45H,2,5,7,11,15,17,19,23,27,29-30H2. The maximum absolute atomic E-state index is 13.2. The minimum Gasteiger partial charge on any atom is -0.304 e. The number of carbonyl (C=O) groups excluding carboxylic acids is 2. The Morgan fingerprint density at radius 2 is 1.49 bits per heavy atom. The Labute approximate surface area is 280 Å². The quantitative estimate of drug-likeness (QED) is 0.279. The highest BCUT2D eigenvalue weighted by atomic mass is 16.1. The van der Waals surface area contributed by atoms with E-state index in [1.54, 1.807) is 0 Å². The third-order valence-corrected chi connectivity index (χ3v) is 10.8. The molecule has 5 atom stereocenters. The molecule has 0 aromatic carbocycles. The molecule has 7 rings (SSSR count). The zero-order valence-electron chi connectivity index (χ0n) is 27.5. The van der Waals surface area contributed by atoms with Crippen molar-refractivity contribution < 1.29 is 9.59 Å². The van der Waals surface area contributed by atoms with Crippen molar-refractivity contribution in [3.8, 4) is 0 Å². The van der Waals surface area contributed by atoms with E-state index < -0.39 is 0 Å². The summed E-state index contributed by atoms with van der Waals surface area (Å²) in [7, 11) is 0. The first kappa shape index (κ1) is 31.5. The van der Waals surface area contributed by atoms with Gasteiger partial charge in [0.25, 0.3) is 0 Å². The summed E-state index contributed by atoms with van der Waals surface area (Å²) in [5.41, 5.74) is 7.83. The first-order chi connectivity index (χ1) is 23.1. The van der Waals surface area contributed by atoms with E-state index in [0.29, 0.717) is 29.8 Å². The fourth-order valence-corrected chi connectivity index (χ4v) is 8.07. The van der Waals surface area contributed by atoms with Gasteiger partial charge < -0.3 is 5.32 Å². The van der Waals surface area contributed by atoms with Gasteiger partial charge in [-0.3, -0.25) is 9.59 Å². The van der Waals surface area contributed by atoms with Crippen molar-refractivity contribution in [3.05, 3.63) is 154 Å². The van der Waals surface area contributed by atoms with Crippen LogP contribution >= 0.6 is 0 Å². The highest BCUT2D eigenvalue weighted by molar-refractivity contribution is 6.11. The summed E-state index contributed by atoms with van der Waals surface area (Å²) in [5, 5.41) is 3.79. The highest BCUT2D eigenvalue weighted by Gasteiger charge is 2.32. The number of hydrogen-bond donors (Lipinski definition) is 1. The van der Waals surface area contributed by atoms with Gasteiger partial charge >= 0.3 is 0 Å². The Kier molecular flexibility index (Phi) is 9.91. The van der Waals surface area contributed by atoms with Gasteiger partial charge in [0.05, 0.1) is 0 Å². The summed E-state index contributed by atoms with van der Waals surface area (Å²) in [5.74, 6) is 1.61. The lowest BCUT2D eigenvalue weighted by molar-refractivity contribution is -0.112. The Hall–Kier alpha value is -4.08. The lowest BCUT2D eigenvalue weighted by Gasteiger charge is -2.36. The van der Waals surface area contributed by atoms with Gasteiger partial charge in [0.2, 0.25) is 0 Å². The Bertz CT molecular complexity index is 1690. The third kappa shape index (κ3) is 7.57. The number of rotatable bonds is 9. The van der Waals surface area contributed by atoms with Crippen LogP contribution in [0.1, 0.15) is 70.6 Å². The molecule has 0 amide bonds. The maximum Gasteiger partial charge on any atom is 0.188 e. The van der Waals surface area contributed by atoms with Crippen LogP contribution in [-0.4, -0.2) is 23.7 Å². The number of hydrogen-bond acceptors (Lipinski definition) is 3. The molecule has 5 unspecified atom stereocenters. The zero-order chi connectivity index (χ0) is 32.0. The molecular formula is C44H47NO2. The van der Waals surface area contributed by atoms with Crippen LogP contribution in [0.4, 0.5) is 0 Å². The van der Waals surface area contributed by atoms with Gasteiger partial charge in [-0.15, -0.1) is 0 Å². The molecule has 7 aliphatic rings. The molecule has 3 nitrogen and oxygen atoms in total. The predicted molar refractivity (Wildman–Crippen MR) is 193 cm³/mol. The highest BCUT2D eigenvalue weighted by Crippen LogP contribution is 2.44. The van der Waals surface area contributed by atoms with Crippen LogP contribution in [0.25, 0.3) is 0 Å². The van der Waals surface area contributed by atoms with Crippen LogP contribution in [0.15, 0.2) is 154 Å². The molecule has 3 heteroatoms. The van der Waals surface area contributed by atoms with E-state index >= 15 is 0 Å². The zero-order valence-corrected chi connectivity index (χ0v) is 27.5. The van der Waals surface area contributed by atoms with E-state index in [0.717, 1.165) is 92.9 Å². The molecule has 0 bridgehead atoms. The van der Waals surface area contributed by atoms with Crippen LogP contribution in [-0.2, 0) is 9.59 Å². The van der Waals surface area contributed by atoms with E-state index in [9.17, 15) is 9.59 Å². The van der Waals surface area contributed by atoms with Gasteiger partial charge in [-0.2, -0.15) is 0 Å². The molecule has 0 fully saturated rings. The summed E-state index contributed by atoms with van der Waals surface area (Å²) in [6.45, 7) is 0. The van der Waals surface area contributed by atoms with Crippen molar-refractivity contribution in [2.75, 3.05) is 0 Å². The second kappa shape index (κ2) is 14.8. The van der Waals surface area contributed by atoms with E-state index in [-0.39, 0.29) is 11.6 Å². The fourth-order valence-electron chi connectivity index (χ4n) is 8.07. The fraction of sp³-hybridized carbons (Fsp3) is 0.364. The summed E-state index contributed by atoms with van der Waals surface area (Å²) in [6.07, 6.45) is 52.3. The van der Waals surface area contributed by atoms with Crippen molar-refractivity contribution in [1.29, 1.82) is 0 Å². The van der Waals surface area contributed by atoms with Gasteiger partial charge in [-0.1, -0.05) is 115 Å². The topological polar surface area (TPSA) is 46.2 Å². The minimum absolute atomic E-state index is 0.186. The first-order valence-corrected chi connectivity index (χ1v) is 17.9. The van der Waals surface area contributed by atoms with Crippen molar-refractivity contribution in [2.45, 2.75) is 82.7 Å². The van der Waals surface area contributed by atoms with Crippen LogP contribution in [0.3, 0.4) is 0 Å². The van der Waals surface area contributed by atoms with E-state index in [4.69, 9.17) is 0 Å². The monoisotopic (exact) mass is 621 g/mol. The number of Topliss-reactive ketones (excluding diaryl/α,β-unsaturated/α-hetero) is 2. The SMILES string of the molecule is O=C(C1=CCC(C2C=C(C3=CC=C(C(=O)C4=CCCC=C4)CC3)CC(C3=CCC(NC4C=CC=CC4)C=C3)C2)C=C1)C1=CC=CCC1. The average Bonchev–Trinajstić information content (AvgIpc) is 3.15. The molecule has 0 saturated heterocycles. The number of nitrogens with one attached hydrogen (secondary N) is 1. The van der Waals surface area contributed by atoms with Crippen LogP contribution in [0, 0.1) is 17.8 Å². The second-order valence-corrected chi connectivity index (χ2v) is 14.0. The molecule has 0 saturated carbocycles. The van der Waals surface area contributed by atoms with Crippen molar-refractivity contribution >= 4 is 11.6 Å². The summed E-state index contributed by atoms with van der Waals surface area (Å²) in [6, 6.07) is 0.767. The third-order valence-electron chi connectivity index (χ3n) is 10.8. The molecule has 0 aromatic rings. The molecule has 0 heterocycles. The maximum atomic E-state index is 13.2. The van der Waals surface area contributed by atoms with E-state index in [2.05, 4.69) is 103 Å². The van der Waals surface area contributed by atoms with Crippen molar-refractivity contribution in [1.82, 2.24) is 5.32 Å². The predicted octanol–water partition coefficient (Wildman–Crippen LogP) is 9.51. The number of allylic oxidation sites excluding steroid dienone is 22. The first-order valence-electron chi connectivity index (χ1n) is 17.9. The second-order valence-electron chi connectivity index (χ2n) is 14.0. The summed E-state index contributed by atoms with van der Waals surface area (Å²) in [4.78, 5) is 26.4. The average molecular weight is 622 g/mol. The van der Waals surface area contributed by atoms with Crippen molar-refractivity contribution in [2.24, 2.45) is 17.8 Å².